The van der Waals surface area contributed by atoms with Gasteiger partial charge >= 0.3 is 0 Å². The summed E-state index contributed by atoms with van der Waals surface area (Å²) in [4.78, 5) is 5.48. The second-order valence-corrected chi connectivity index (χ2v) is 5.11. The first-order valence-corrected chi connectivity index (χ1v) is 6.87. The van der Waals surface area contributed by atoms with E-state index in [-0.39, 0.29) is 6.04 Å². The molecule has 0 amide bonds. The molecule has 0 aliphatic rings. The van der Waals surface area contributed by atoms with E-state index in [2.05, 4.69) is 22.6 Å². The highest BCUT2D eigenvalue weighted by atomic mass is 35.5. The number of hydrogen-bond acceptors (Lipinski definition) is 4. The summed E-state index contributed by atoms with van der Waals surface area (Å²) in [6.07, 6.45) is 0. The van der Waals surface area contributed by atoms with Crippen LogP contribution in [-0.4, -0.2) is 11.5 Å². The number of nitrogens with zero attached hydrogens (tertiary/aromatic N) is 1. The maximum Gasteiger partial charge on any atom is 0.0868 e. The van der Waals surface area contributed by atoms with E-state index in [1.54, 1.807) is 22.7 Å². The van der Waals surface area contributed by atoms with Crippen LogP contribution >= 0.6 is 34.3 Å². The lowest BCUT2D eigenvalue weighted by Crippen LogP contribution is -2.21. The van der Waals surface area contributed by atoms with E-state index in [1.807, 2.05) is 17.0 Å². The highest BCUT2D eigenvalue weighted by Gasteiger charge is 2.18. The number of rotatable bonds is 4. The number of thiazole rings is 1. The van der Waals surface area contributed by atoms with Crippen LogP contribution in [0.15, 0.2) is 22.3 Å². The van der Waals surface area contributed by atoms with E-state index in [0.29, 0.717) is 0 Å². The highest BCUT2D eigenvalue weighted by molar-refractivity contribution is 7.10. The molecule has 0 aliphatic carbocycles. The van der Waals surface area contributed by atoms with Gasteiger partial charge in [-0.1, -0.05) is 18.5 Å². The second kappa shape index (κ2) is 5.07. The number of thiophene rings is 1. The third-order valence-corrected chi connectivity index (χ3v) is 4.09. The molecule has 1 atom stereocenters. The van der Waals surface area contributed by atoms with Crippen molar-refractivity contribution >= 4 is 34.3 Å². The first kappa shape index (κ1) is 11.1. The molecule has 1 unspecified atom stereocenters. The zero-order chi connectivity index (χ0) is 10.7. The van der Waals surface area contributed by atoms with Crippen molar-refractivity contribution in [2.75, 3.05) is 6.54 Å². The Bertz CT molecular complexity index is 411. The molecule has 15 heavy (non-hydrogen) atoms. The minimum atomic E-state index is 0.133. The van der Waals surface area contributed by atoms with Crippen LogP contribution in [0.25, 0.3) is 0 Å². The van der Waals surface area contributed by atoms with Crippen molar-refractivity contribution in [3.05, 3.63) is 37.9 Å². The molecule has 0 saturated heterocycles. The monoisotopic (exact) mass is 258 g/mol. The summed E-state index contributed by atoms with van der Waals surface area (Å²) in [6.45, 7) is 2.98. The largest absolute Gasteiger partial charge is 0.305 e. The van der Waals surface area contributed by atoms with Crippen molar-refractivity contribution in [2.24, 2.45) is 0 Å². The quantitative estimate of drug-likeness (QED) is 0.907. The summed E-state index contributed by atoms with van der Waals surface area (Å²) in [6, 6.07) is 2.06. The fourth-order valence-electron chi connectivity index (χ4n) is 1.41. The summed E-state index contributed by atoms with van der Waals surface area (Å²) < 4.78 is 0. The lowest BCUT2D eigenvalue weighted by molar-refractivity contribution is 0.627. The number of aromatic nitrogens is 1. The van der Waals surface area contributed by atoms with Gasteiger partial charge in [-0.05, 0) is 18.0 Å². The van der Waals surface area contributed by atoms with Crippen LogP contribution in [0.2, 0.25) is 5.02 Å². The lowest BCUT2D eigenvalue weighted by Gasteiger charge is -2.14. The second-order valence-electron chi connectivity index (χ2n) is 3.04. The maximum absolute atomic E-state index is 6.13. The molecule has 2 rings (SSSR count). The Balaban J connectivity index is 2.32. The van der Waals surface area contributed by atoms with E-state index < -0.39 is 0 Å². The normalized spacial score (nSPS) is 12.9. The summed E-state index contributed by atoms with van der Waals surface area (Å²) in [5.74, 6) is 0. The van der Waals surface area contributed by atoms with Crippen molar-refractivity contribution in [1.29, 1.82) is 0 Å². The first-order valence-electron chi connectivity index (χ1n) is 4.67. The van der Waals surface area contributed by atoms with Crippen molar-refractivity contribution < 1.29 is 0 Å². The third kappa shape index (κ3) is 2.39. The van der Waals surface area contributed by atoms with Crippen LogP contribution in [0.5, 0.6) is 0 Å². The molecule has 2 heterocycles. The molecule has 0 bridgehead atoms. The number of hydrogen-bond donors (Lipinski definition) is 1. The van der Waals surface area contributed by atoms with E-state index in [9.17, 15) is 0 Å². The van der Waals surface area contributed by atoms with Gasteiger partial charge in [-0.15, -0.1) is 22.7 Å². The average Bonchev–Trinajstić information content (AvgIpc) is 2.85. The van der Waals surface area contributed by atoms with Crippen molar-refractivity contribution in [1.82, 2.24) is 10.3 Å². The van der Waals surface area contributed by atoms with Gasteiger partial charge in [0.1, 0.15) is 0 Å². The first-order chi connectivity index (χ1) is 7.33. The predicted molar refractivity (Wildman–Crippen MR) is 67.0 cm³/mol. The fourth-order valence-corrected chi connectivity index (χ4v) is 3.24. The molecule has 0 radical (unpaired) electrons. The van der Waals surface area contributed by atoms with Crippen LogP contribution in [0.1, 0.15) is 23.5 Å². The molecule has 0 aliphatic heterocycles. The molecule has 0 spiro atoms. The number of nitrogens with one attached hydrogen (secondary N) is 1. The molecule has 2 aromatic rings. The number of halogens is 1. The Morgan fingerprint density at radius 1 is 1.60 bits per heavy atom. The van der Waals surface area contributed by atoms with Crippen molar-refractivity contribution in [2.45, 2.75) is 13.0 Å². The van der Waals surface area contributed by atoms with Gasteiger partial charge in [0.25, 0.3) is 0 Å². The minimum absolute atomic E-state index is 0.133. The SMILES string of the molecule is CCNC(c1cscn1)c1sccc1Cl. The molecule has 2 aromatic heterocycles. The maximum atomic E-state index is 6.13. The summed E-state index contributed by atoms with van der Waals surface area (Å²) in [7, 11) is 0. The lowest BCUT2D eigenvalue weighted by atomic mass is 10.2. The van der Waals surface area contributed by atoms with E-state index >= 15 is 0 Å². The zero-order valence-corrected chi connectivity index (χ0v) is 10.6. The van der Waals surface area contributed by atoms with Gasteiger partial charge < -0.3 is 5.32 Å². The smallest absolute Gasteiger partial charge is 0.0868 e. The Morgan fingerprint density at radius 2 is 2.47 bits per heavy atom. The van der Waals surface area contributed by atoms with E-state index in [4.69, 9.17) is 11.6 Å². The Kier molecular flexibility index (Phi) is 3.75. The summed E-state index contributed by atoms with van der Waals surface area (Å²) in [5, 5.41) is 8.28. The molecular formula is C10H11ClN2S2. The average molecular weight is 259 g/mol. The molecule has 0 saturated carbocycles. The fraction of sp³-hybridized carbons (Fsp3) is 0.300. The Morgan fingerprint density at radius 3 is 3.00 bits per heavy atom. The van der Waals surface area contributed by atoms with E-state index in [1.165, 1.54) is 0 Å². The molecule has 5 heteroatoms. The zero-order valence-electron chi connectivity index (χ0n) is 8.24. The van der Waals surface area contributed by atoms with Crippen LogP contribution in [0, 0.1) is 0 Å². The van der Waals surface area contributed by atoms with Crippen LogP contribution in [0.3, 0.4) is 0 Å². The van der Waals surface area contributed by atoms with E-state index in [0.717, 1.165) is 22.1 Å². The molecule has 0 aromatic carbocycles. The minimum Gasteiger partial charge on any atom is -0.305 e. The molecule has 0 fully saturated rings. The predicted octanol–water partition coefficient (Wildman–Crippen LogP) is 3.56. The third-order valence-electron chi connectivity index (χ3n) is 2.06. The van der Waals surface area contributed by atoms with Gasteiger partial charge in [0.15, 0.2) is 0 Å². The van der Waals surface area contributed by atoms with Gasteiger partial charge in [0.2, 0.25) is 0 Å². The molecular weight excluding hydrogens is 248 g/mol. The standard InChI is InChI=1S/C10H11ClN2S2/c1-2-12-9(8-5-14-6-13-8)10-7(11)3-4-15-10/h3-6,9,12H,2H2,1H3. The van der Waals surface area contributed by atoms with Gasteiger partial charge in [-0.2, -0.15) is 0 Å². The van der Waals surface area contributed by atoms with Gasteiger partial charge in [0, 0.05) is 10.3 Å². The molecule has 80 valence electrons. The van der Waals surface area contributed by atoms with Crippen LogP contribution in [-0.2, 0) is 0 Å². The van der Waals surface area contributed by atoms with Crippen molar-refractivity contribution in [3.8, 4) is 0 Å². The topological polar surface area (TPSA) is 24.9 Å². The van der Waals surface area contributed by atoms with Crippen LogP contribution in [0.4, 0.5) is 0 Å². The Labute approximate surface area is 102 Å². The van der Waals surface area contributed by atoms with Crippen LogP contribution < -0.4 is 5.32 Å². The van der Waals surface area contributed by atoms with Crippen molar-refractivity contribution in [3.63, 3.8) is 0 Å². The molecule has 2 nitrogen and oxygen atoms in total. The van der Waals surface area contributed by atoms with Gasteiger partial charge in [-0.3, -0.25) is 0 Å². The summed E-state index contributed by atoms with van der Waals surface area (Å²) >= 11 is 9.41. The van der Waals surface area contributed by atoms with Gasteiger partial charge in [-0.25, -0.2) is 4.98 Å². The Hall–Kier alpha value is -0.420. The highest BCUT2D eigenvalue weighted by Crippen LogP contribution is 2.32. The molecule has 1 N–H and O–H groups in total. The summed E-state index contributed by atoms with van der Waals surface area (Å²) in [5.41, 5.74) is 2.90. The van der Waals surface area contributed by atoms with Gasteiger partial charge in [0.05, 0.1) is 22.3 Å².